The summed E-state index contributed by atoms with van der Waals surface area (Å²) in [5.41, 5.74) is 1.51. The summed E-state index contributed by atoms with van der Waals surface area (Å²) in [5.74, 6) is 0.719. The number of sulfone groups is 1. The summed E-state index contributed by atoms with van der Waals surface area (Å²) in [6, 6.07) is 15.2. The third-order valence-corrected chi connectivity index (χ3v) is 7.73. The molecule has 0 bridgehead atoms. The van der Waals surface area contributed by atoms with E-state index in [9.17, 15) is 18.4 Å². The summed E-state index contributed by atoms with van der Waals surface area (Å²) in [4.78, 5) is 14.0. The number of nitrogens with zero attached hydrogens (tertiary/aromatic N) is 1. The summed E-state index contributed by atoms with van der Waals surface area (Å²) in [7, 11) is -2.54. The van der Waals surface area contributed by atoms with Gasteiger partial charge in [0.15, 0.2) is 14.6 Å². The number of hydroxylamine groups is 1. The fourth-order valence-electron chi connectivity index (χ4n) is 3.41. The van der Waals surface area contributed by atoms with Crippen molar-refractivity contribution in [1.82, 2.24) is 10.4 Å². The number of carbonyl (C=O) groups is 1. The van der Waals surface area contributed by atoms with Crippen LogP contribution in [-0.2, 0) is 14.6 Å². The molecule has 2 aromatic carbocycles. The molecule has 0 radical (unpaired) electrons. The van der Waals surface area contributed by atoms with E-state index in [1.165, 1.54) is 29.7 Å². The van der Waals surface area contributed by atoms with Crippen molar-refractivity contribution in [3.8, 4) is 29.7 Å². The van der Waals surface area contributed by atoms with Gasteiger partial charge in [0.2, 0.25) is 0 Å². The number of hydrogen-bond acceptors (Lipinski definition) is 7. The van der Waals surface area contributed by atoms with E-state index >= 15 is 0 Å². The second kappa shape index (κ2) is 9.92. The highest BCUT2D eigenvalue weighted by Gasteiger charge is 2.52. The number of likely N-dealkylation sites (tertiary alicyclic amines) is 1. The molecule has 1 aliphatic rings. The van der Waals surface area contributed by atoms with Crippen molar-refractivity contribution < 1.29 is 27.9 Å². The fourth-order valence-corrected chi connectivity index (χ4v) is 5.36. The molecule has 0 spiro atoms. The van der Waals surface area contributed by atoms with Crippen LogP contribution < -0.4 is 15.0 Å². The quantitative estimate of drug-likeness (QED) is 0.383. The number of piperidine rings is 1. The maximum absolute atomic E-state index is 13.3. The van der Waals surface area contributed by atoms with Crippen LogP contribution in [0.5, 0.6) is 17.2 Å². The summed E-state index contributed by atoms with van der Waals surface area (Å²) in [5, 5.41) is 9.18. The van der Waals surface area contributed by atoms with Crippen LogP contribution in [0.25, 0.3) is 0 Å². The maximum Gasteiger partial charge on any atom is 0.265 e. The van der Waals surface area contributed by atoms with E-state index in [-0.39, 0.29) is 43.2 Å². The van der Waals surface area contributed by atoms with Crippen LogP contribution in [0.3, 0.4) is 0 Å². The molecule has 1 fully saturated rings. The van der Waals surface area contributed by atoms with Gasteiger partial charge in [-0.05, 0) is 61.4 Å². The summed E-state index contributed by atoms with van der Waals surface area (Å²) >= 11 is 0. The van der Waals surface area contributed by atoms with E-state index in [2.05, 4.69) is 6.04 Å². The van der Waals surface area contributed by atoms with E-state index in [0.717, 1.165) is 0 Å². The molecule has 0 aromatic heterocycles. The molecule has 1 aliphatic heterocycles. The Kier molecular flexibility index (Phi) is 7.79. The maximum atomic E-state index is 13.3. The van der Waals surface area contributed by atoms with E-state index in [1.807, 2.05) is 0 Å². The normalized spacial score (nSPS) is 15.2. The minimum absolute atomic E-state index is 0. The fraction of sp³-hybridized carbons (Fsp3) is 0.286. The lowest BCUT2D eigenvalue weighted by atomic mass is 9.95. The van der Waals surface area contributed by atoms with Gasteiger partial charge >= 0.3 is 0 Å². The Morgan fingerprint density at radius 3 is 2.00 bits per heavy atom. The highest BCUT2D eigenvalue weighted by molar-refractivity contribution is 7.93. The van der Waals surface area contributed by atoms with Gasteiger partial charge in [0.1, 0.15) is 17.2 Å². The van der Waals surface area contributed by atoms with E-state index < -0.39 is 20.5 Å². The Hall–Kier alpha value is -2.93. The van der Waals surface area contributed by atoms with Gasteiger partial charge in [-0.15, -0.1) is 12.4 Å². The molecule has 0 atom stereocenters. The van der Waals surface area contributed by atoms with Crippen LogP contribution >= 0.6 is 12.4 Å². The Morgan fingerprint density at radius 2 is 1.55 bits per heavy atom. The van der Waals surface area contributed by atoms with Crippen LogP contribution in [0.15, 0.2) is 53.4 Å². The van der Waals surface area contributed by atoms with Crippen molar-refractivity contribution in [2.45, 2.75) is 22.5 Å². The Morgan fingerprint density at radius 1 is 1.06 bits per heavy atom. The van der Waals surface area contributed by atoms with Gasteiger partial charge in [-0.25, -0.2) is 13.9 Å². The molecule has 8 nitrogen and oxygen atoms in total. The smallest absolute Gasteiger partial charge is 0.265 e. The molecule has 1 amide bonds. The third kappa shape index (κ3) is 4.71. The molecule has 1 heterocycles. The standard InChI is InChI=1S/C21H22N2O6S.ClH/c1-3-23-14-12-21(13-15-23,20(24)22-25)30(26,27)19-10-8-18(9-11-19)29-17-6-4-16(28-2)5-7-17;/h1,4-11,25H,12-15H2,2H3,(H,22,24);1H. The van der Waals surface area contributed by atoms with Crippen molar-refractivity contribution in [1.29, 1.82) is 0 Å². The molecule has 0 unspecified atom stereocenters. The molecule has 0 aliphatic carbocycles. The molecule has 166 valence electrons. The van der Waals surface area contributed by atoms with Crippen LogP contribution in [0, 0.1) is 12.5 Å². The molecule has 10 heteroatoms. The van der Waals surface area contributed by atoms with Gasteiger partial charge in [0, 0.05) is 19.1 Å². The van der Waals surface area contributed by atoms with Gasteiger partial charge in [-0.1, -0.05) is 6.42 Å². The second-order valence-corrected chi connectivity index (χ2v) is 9.06. The van der Waals surface area contributed by atoms with Crippen molar-refractivity contribution in [2.24, 2.45) is 0 Å². The van der Waals surface area contributed by atoms with Crippen LogP contribution in [-0.4, -0.2) is 49.4 Å². The largest absolute Gasteiger partial charge is 0.497 e. The minimum Gasteiger partial charge on any atom is -0.497 e. The lowest BCUT2D eigenvalue weighted by Crippen LogP contribution is -2.57. The number of carbonyl (C=O) groups excluding carboxylic acids is 1. The molecule has 31 heavy (non-hydrogen) atoms. The van der Waals surface area contributed by atoms with Gasteiger partial charge in [-0.2, -0.15) is 0 Å². The minimum atomic E-state index is -4.10. The molecular weight excluding hydrogens is 444 g/mol. The number of nitrogens with one attached hydrogen (secondary N) is 1. The molecular formula is C21H23ClN2O6S. The summed E-state index contributed by atoms with van der Waals surface area (Å²) in [6.07, 6.45) is 5.31. The highest BCUT2D eigenvalue weighted by atomic mass is 35.5. The van der Waals surface area contributed by atoms with Gasteiger partial charge in [0.25, 0.3) is 5.91 Å². The number of halogens is 1. The first kappa shape index (κ1) is 24.3. The number of ether oxygens (including phenoxy) is 2. The van der Waals surface area contributed by atoms with Crippen LogP contribution in [0.2, 0.25) is 0 Å². The number of benzene rings is 2. The topological polar surface area (TPSA) is 105 Å². The number of methoxy groups -OCH3 is 1. The van der Waals surface area contributed by atoms with Gasteiger partial charge < -0.3 is 14.4 Å². The zero-order chi connectivity index (χ0) is 21.8. The zero-order valence-corrected chi connectivity index (χ0v) is 18.4. The predicted octanol–water partition coefficient (Wildman–Crippen LogP) is 2.61. The Balaban J connectivity index is 0.00000341. The van der Waals surface area contributed by atoms with Gasteiger partial charge in [-0.3, -0.25) is 10.0 Å². The SMILES string of the molecule is C#CN1CCC(C(=O)NO)(S(=O)(=O)c2ccc(Oc3ccc(OC)cc3)cc2)CC1.Cl. The Bertz CT molecular complexity index is 1040. The van der Waals surface area contributed by atoms with Gasteiger partial charge in [0.05, 0.1) is 12.0 Å². The molecule has 0 saturated carbocycles. The summed E-state index contributed by atoms with van der Waals surface area (Å²) < 4.78 is 35.7. The van der Waals surface area contributed by atoms with Crippen molar-refractivity contribution in [3.63, 3.8) is 0 Å². The number of terminal acetylenes is 1. The van der Waals surface area contributed by atoms with Crippen LogP contribution in [0.1, 0.15) is 12.8 Å². The van der Waals surface area contributed by atoms with Crippen molar-refractivity contribution in [3.05, 3.63) is 48.5 Å². The first-order chi connectivity index (χ1) is 14.4. The molecule has 3 rings (SSSR count). The predicted molar refractivity (Wildman–Crippen MR) is 116 cm³/mol. The average Bonchev–Trinajstić information content (AvgIpc) is 2.79. The van der Waals surface area contributed by atoms with Crippen molar-refractivity contribution >= 4 is 28.2 Å². The Labute approximate surface area is 187 Å². The first-order valence-electron chi connectivity index (χ1n) is 9.18. The molecule has 2 aromatic rings. The van der Waals surface area contributed by atoms with E-state index in [0.29, 0.717) is 17.2 Å². The molecule has 1 saturated heterocycles. The molecule has 2 N–H and O–H groups in total. The lowest BCUT2D eigenvalue weighted by molar-refractivity contribution is -0.133. The second-order valence-electron chi connectivity index (χ2n) is 6.80. The third-order valence-electron chi connectivity index (χ3n) is 5.21. The van der Waals surface area contributed by atoms with Crippen LogP contribution in [0.4, 0.5) is 0 Å². The van der Waals surface area contributed by atoms with E-state index in [4.69, 9.17) is 15.9 Å². The number of hydrogen-bond donors (Lipinski definition) is 2. The first-order valence-corrected chi connectivity index (χ1v) is 10.7. The number of rotatable bonds is 6. The highest BCUT2D eigenvalue weighted by Crippen LogP contribution is 2.36. The average molecular weight is 467 g/mol. The van der Waals surface area contributed by atoms with Crippen molar-refractivity contribution in [2.75, 3.05) is 20.2 Å². The van der Waals surface area contributed by atoms with E-state index in [1.54, 1.807) is 36.3 Å². The monoisotopic (exact) mass is 466 g/mol. The summed E-state index contributed by atoms with van der Waals surface area (Å²) in [6.45, 7) is 0.448. The lowest BCUT2D eigenvalue weighted by Gasteiger charge is -2.38. The zero-order valence-electron chi connectivity index (χ0n) is 16.8. The number of amides is 1.